The molecule has 1 aliphatic heterocycles. The zero-order valence-corrected chi connectivity index (χ0v) is 18.4. The van der Waals surface area contributed by atoms with E-state index in [9.17, 15) is 14.4 Å². The van der Waals surface area contributed by atoms with Crippen LogP contribution in [-0.4, -0.2) is 37.4 Å². The summed E-state index contributed by atoms with van der Waals surface area (Å²) >= 11 is 1.29. The number of thiophene rings is 1. The fraction of sp³-hybridized carbons (Fsp3) is 0.364. The molecule has 0 spiro atoms. The number of nitrogens with zero attached hydrogens (tertiary/aromatic N) is 4. The normalized spacial score (nSPS) is 16.2. The fourth-order valence-electron chi connectivity index (χ4n) is 4.17. The number of fused-ring (bicyclic) bond motifs is 3. The Kier molecular flexibility index (Phi) is 5.40. The molecule has 0 aliphatic carbocycles. The maximum Gasteiger partial charge on any atom is 0.352 e. The molecule has 1 atom stereocenters. The van der Waals surface area contributed by atoms with Gasteiger partial charge in [0, 0.05) is 12.3 Å². The van der Waals surface area contributed by atoms with E-state index in [1.165, 1.54) is 20.3 Å². The minimum atomic E-state index is -0.455. The molecule has 32 heavy (non-hydrogen) atoms. The summed E-state index contributed by atoms with van der Waals surface area (Å²) in [5, 5.41) is 9.03. The van der Waals surface area contributed by atoms with E-state index in [1.807, 2.05) is 31.2 Å². The van der Waals surface area contributed by atoms with Crippen LogP contribution in [0.4, 0.5) is 5.69 Å². The highest BCUT2D eigenvalue weighted by atomic mass is 32.1. The molecule has 1 amide bonds. The van der Waals surface area contributed by atoms with Gasteiger partial charge < -0.3 is 10.1 Å². The summed E-state index contributed by atoms with van der Waals surface area (Å²) in [6.45, 7) is 2.75. The third kappa shape index (κ3) is 3.55. The van der Waals surface area contributed by atoms with Crippen molar-refractivity contribution in [2.45, 2.75) is 45.4 Å². The van der Waals surface area contributed by atoms with Gasteiger partial charge >= 0.3 is 5.69 Å². The number of rotatable bonds is 6. The molecule has 1 aliphatic rings. The smallest absolute Gasteiger partial charge is 0.352 e. The molecule has 1 aromatic carbocycles. The van der Waals surface area contributed by atoms with Crippen LogP contribution >= 0.6 is 11.3 Å². The van der Waals surface area contributed by atoms with Gasteiger partial charge in [-0.05, 0) is 42.3 Å². The van der Waals surface area contributed by atoms with Gasteiger partial charge in [0.2, 0.25) is 11.7 Å². The quantitative estimate of drug-likeness (QED) is 0.483. The zero-order chi connectivity index (χ0) is 22.2. The van der Waals surface area contributed by atoms with E-state index in [0.29, 0.717) is 29.1 Å². The predicted octanol–water partition coefficient (Wildman–Crippen LogP) is 2.25. The summed E-state index contributed by atoms with van der Waals surface area (Å²) in [6.07, 6.45) is 2.47. The first-order valence-electron chi connectivity index (χ1n) is 10.7. The monoisotopic (exact) mass is 453 g/mol. The second-order valence-corrected chi connectivity index (χ2v) is 8.74. The van der Waals surface area contributed by atoms with Crippen molar-refractivity contribution in [3.63, 3.8) is 0 Å². The van der Waals surface area contributed by atoms with Gasteiger partial charge in [-0.25, -0.2) is 13.9 Å². The Balaban J connectivity index is 1.54. The fourth-order valence-corrected chi connectivity index (χ4v) is 4.99. The molecule has 166 valence electrons. The first-order valence-corrected chi connectivity index (χ1v) is 11.5. The van der Waals surface area contributed by atoms with E-state index in [0.717, 1.165) is 29.5 Å². The van der Waals surface area contributed by atoms with Crippen molar-refractivity contribution < 1.29 is 9.53 Å². The second kappa shape index (κ2) is 8.36. The number of carbonyl (C=O) groups excluding carboxylic acids is 1. The van der Waals surface area contributed by atoms with E-state index in [4.69, 9.17) is 4.74 Å². The predicted molar refractivity (Wildman–Crippen MR) is 123 cm³/mol. The van der Waals surface area contributed by atoms with Crippen LogP contribution in [0.15, 0.2) is 45.3 Å². The van der Waals surface area contributed by atoms with Crippen LogP contribution in [0.3, 0.4) is 0 Å². The summed E-state index contributed by atoms with van der Waals surface area (Å²) in [4.78, 5) is 39.0. The van der Waals surface area contributed by atoms with Crippen LogP contribution in [0, 0.1) is 0 Å². The summed E-state index contributed by atoms with van der Waals surface area (Å²) in [6, 6.07) is 9.28. The maximum absolute atomic E-state index is 13.2. The maximum atomic E-state index is 13.2. The Morgan fingerprint density at radius 3 is 2.91 bits per heavy atom. The summed E-state index contributed by atoms with van der Waals surface area (Å²) in [7, 11) is 0. The molecule has 1 saturated heterocycles. The molecule has 0 saturated carbocycles. The van der Waals surface area contributed by atoms with Crippen molar-refractivity contribution >= 4 is 38.9 Å². The van der Waals surface area contributed by atoms with E-state index < -0.39 is 5.69 Å². The molecular formula is C22H23N5O4S. The number of carbonyl (C=O) groups is 1. The van der Waals surface area contributed by atoms with Crippen molar-refractivity contribution in [1.82, 2.24) is 18.7 Å². The molecule has 1 N–H and O–H groups in total. The highest BCUT2D eigenvalue weighted by Gasteiger charge is 2.23. The average Bonchev–Trinajstić information content (AvgIpc) is 3.53. The Hall–Kier alpha value is -3.24. The lowest BCUT2D eigenvalue weighted by molar-refractivity contribution is -0.117. The van der Waals surface area contributed by atoms with Crippen molar-refractivity contribution in [2.75, 3.05) is 11.9 Å². The van der Waals surface area contributed by atoms with Crippen LogP contribution in [-0.2, 0) is 29.0 Å². The largest absolute Gasteiger partial charge is 0.376 e. The van der Waals surface area contributed by atoms with Crippen molar-refractivity contribution in [2.24, 2.45) is 0 Å². The number of hydrogen-bond donors (Lipinski definition) is 1. The minimum absolute atomic E-state index is 0.0944. The van der Waals surface area contributed by atoms with E-state index in [-0.39, 0.29) is 29.9 Å². The van der Waals surface area contributed by atoms with Crippen LogP contribution in [0.2, 0.25) is 0 Å². The lowest BCUT2D eigenvalue weighted by Gasteiger charge is -2.12. The van der Waals surface area contributed by atoms with Gasteiger partial charge in [-0.2, -0.15) is 0 Å². The molecular weight excluding hydrogens is 430 g/mol. The standard InChI is InChI=1S/C22H23N5O4S/c1-2-14-6-3-4-8-16(14)23-18(28)13-26-22(30)27-17-9-11-32-19(17)20(29)25(21(27)24-26)12-15-7-5-10-31-15/h3-4,6,8-9,11,15H,2,5,7,10,12-13H2,1H3,(H,23,28)/t15-/m0/s1. The molecule has 1 fully saturated rings. The SMILES string of the molecule is CCc1ccccc1NC(=O)Cn1nc2n(C[C@@H]3CCCO3)c(=O)c3sccc3n2c1=O. The number of hydrogen-bond acceptors (Lipinski definition) is 6. The van der Waals surface area contributed by atoms with Gasteiger partial charge in [-0.1, -0.05) is 25.1 Å². The second-order valence-electron chi connectivity index (χ2n) is 7.82. The summed E-state index contributed by atoms with van der Waals surface area (Å²) in [5.41, 5.74) is 1.58. The Bertz CT molecular complexity index is 1420. The zero-order valence-electron chi connectivity index (χ0n) is 17.6. The number of para-hydroxylation sites is 1. The molecule has 5 rings (SSSR count). The number of anilines is 1. The number of aryl methyl sites for hydroxylation is 1. The van der Waals surface area contributed by atoms with E-state index in [2.05, 4.69) is 10.4 Å². The van der Waals surface area contributed by atoms with Crippen LogP contribution in [0.1, 0.15) is 25.3 Å². The molecule has 10 heteroatoms. The number of benzene rings is 1. The third-order valence-electron chi connectivity index (χ3n) is 5.76. The molecule has 4 heterocycles. The molecule has 9 nitrogen and oxygen atoms in total. The van der Waals surface area contributed by atoms with Gasteiger partial charge in [-0.3, -0.25) is 14.2 Å². The number of aromatic nitrogens is 4. The Labute approximate surface area is 186 Å². The van der Waals surface area contributed by atoms with Gasteiger partial charge in [-0.15, -0.1) is 16.4 Å². The molecule has 3 aromatic heterocycles. The average molecular weight is 454 g/mol. The number of amides is 1. The third-order valence-corrected chi connectivity index (χ3v) is 6.66. The van der Waals surface area contributed by atoms with E-state index >= 15 is 0 Å². The van der Waals surface area contributed by atoms with Crippen LogP contribution < -0.4 is 16.6 Å². The summed E-state index contributed by atoms with van der Waals surface area (Å²) < 4.78 is 10.2. The lowest BCUT2D eigenvalue weighted by Crippen LogP contribution is -2.30. The highest BCUT2D eigenvalue weighted by molar-refractivity contribution is 7.17. The van der Waals surface area contributed by atoms with Gasteiger partial charge in [0.1, 0.15) is 11.2 Å². The molecule has 4 aromatic rings. The molecule has 0 unspecified atom stereocenters. The highest BCUT2D eigenvalue weighted by Crippen LogP contribution is 2.20. The summed E-state index contributed by atoms with van der Waals surface area (Å²) in [5.74, 6) is -0.130. The van der Waals surface area contributed by atoms with Gasteiger partial charge in [0.05, 0.1) is 18.2 Å². The first kappa shape index (κ1) is 20.7. The van der Waals surface area contributed by atoms with Gasteiger partial charge in [0.25, 0.3) is 5.56 Å². The molecule has 0 radical (unpaired) electrons. The Morgan fingerprint density at radius 1 is 1.28 bits per heavy atom. The Morgan fingerprint density at radius 2 is 2.12 bits per heavy atom. The van der Waals surface area contributed by atoms with Crippen molar-refractivity contribution in [3.8, 4) is 0 Å². The van der Waals surface area contributed by atoms with Crippen LogP contribution in [0.25, 0.3) is 16.0 Å². The van der Waals surface area contributed by atoms with Crippen molar-refractivity contribution in [1.29, 1.82) is 0 Å². The van der Waals surface area contributed by atoms with Crippen molar-refractivity contribution in [3.05, 3.63) is 62.1 Å². The first-order chi connectivity index (χ1) is 15.6. The minimum Gasteiger partial charge on any atom is -0.376 e. The van der Waals surface area contributed by atoms with E-state index in [1.54, 1.807) is 11.4 Å². The van der Waals surface area contributed by atoms with Crippen LogP contribution in [0.5, 0.6) is 0 Å². The molecule has 0 bridgehead atoms. The lowest BCUT2D eigenvalue weighted by atomic mass is 10.1. The number of ether oxygens (including phenoxy) is 1. The van der Waals surface area contributed by atoms with Gasteiger partial charge in [0.15, 0.2) is 0 Å². The topological polar surface area (TPSA) is 99.6 Å². The number of nitrogens with one attached hydrogen (secondary N) is 1.